The van der Waals surface area contributed by atoms with E-state index < -0.39 is 5.92 Å². The second-order valence-corrected chi connectivity index (χ2v) is 7.52. The molecular formula is C21H25N5O. The van der Waals surface area contributed by atoms with Gasteiger partial charge in [-0.1, -0.05) is 31.4 Å². The highest BCUT2D eigenvalue weighted by Crippen LogP contribution is 2.30. The van der Waals surface area contributed by atoms with Gasteiger partial charge in [-0.25, -0.2) is 9.97 Å². The van der Waals surface area contributed by atoms with Crippen molar-refractivity contribution in [3.8, 4) is 6.07 Å². The summed E-state index contributed by atoms with van der Waals surface area (Å²) in [5, 5.41) is 12.9. The summed E-state index contributed by atoms with van der Waals surface area (Å²) in [7, 11) is 0. The van der Waals surface area contributed by atoms with Gasteiger partial charge in [-0.05, 0) is 37.8 Å². The first-order chi connectivity index (χ1) is 13.3. The van der Waals surface area contributed by atoms with Crippen LogP contribution in [0.4, 0.5) is 5.82 Å². The molecule has 2 heterocycles. The first-order valence-electron chi connectivity index (χ1n) is 9.98. The molecule has 6 nitrogen and oxygen atoms in total. The van der Waals surface area contributed by atoms with E-state index in [1.165, 1.54) is 6.42 Å². The topological polar surface area (TPSA) is 81.9 Å². The van der Waals surface area contributed by atoms with Crippen molar-refractivity contribution >= 4 is 22.8 Å². The van der Waals surface area contributed by atoms with Crippen molar-refractivity contribution < 1.29 is 4.79 Å². The molecule has 1 N–H and O–H groups in total. The van der Waals surface area contributed by atoms with Crippen molar-refractivity contribution in [1.82, 2.24) is 15.3 Å². The van der Waals surface area contributed by atoms with Crippen LogP contribution in [0.3, 0.4) is 0 Å². The average molecular weight is 363 g/mol. The van der Waals surface area contributed by atoms with Gasteiger partial charge in [0.1, 0.15) is 5.69 Å². The molecule has 1 aromatic heterocycles. The van der Waals surface area contributed by atoms with E-state index in [0.717, 1.165) is 62.6 Å². The summed E-state index contributed by atoms with van der Waals surface area (Å²) in [5.41, 5.74) is 2.01. The number of para-hydroxylation sites is 2. The Hall–Kier alpha value is -2.68. The van der Waals surface area contributed by atoms with Crippen LogP contribution < -0.4 is 10.2 Å². The fourth-order valence-corrected chi connectivity index (χ4v) is 4.14. The van der Waals surface area contributed by atoms with Crippen molar-refractivity contribution in [3.63, 3.8) is 0 Å². The summed E-state index contributed by atoms with van der Waals surface area (Å²) in [5.74, 6) is -0.481. The van der Waals surface area contributed by atoms with E-state index in [4.69, 9.17) is 9.97 Å². The quantitative estimate of drug-likeness (QED) is 0.901. The molecule has 1 saturated carbocycles. The minimum Gasteiger partial charge on any atom is -0.355 e. The number of anilines is 1. The smallest absolute Gasteiger partial charge is 0.243 e. The number of nitriles is 1. The Morgan fingerprint density at radius 1 is 1.07 bits per heavy atom. The summed E-state index contributed by atoms with van der Waals surface area (Å²) < 4.78 is 0. The maximum atomic E-state index is 12.9. The number of nitrogens with zero attached hydrogens (tertiary/aromatic N) is 4. The molecule has 1 aliphatic heterocycles. The molecule has 1 aliphatic carbocycles. The molecule has 140 valence electrons. The zero-order valence-corrected chi connectivity index (χ0v) is 15.5. The Morgan fingerprint density at radius 3 is 2.41 bits per heavy atom. The Labute approximate surface area is 159 Å². The normalized spacial score (nSPS) is 19.0. The van der Waals surface area contributed by atoms with Gasteiger partial charge in [0.2, 0.25) is 5.91 Å². The van der Waals surface area contributed by atoms with Crippen molar-refractivity contribution in [2.24, 2.45) is 0 Å². The lowest BCUT2D eigenvalue weighted by atomic mass is 9.94. The number of aromatic nitrogens is 2. The van der Waals surface area contributed by atoms with Crippen LogP contribution in [0.2, 0.25) is 0 Å². The molecule has 4 rings (SSSR count). The van der Waals surface area contributed by atoms with Gasteiger partial charge < -0.3 is 10.2 Å². The molecule has 27 heavy (non-hydrogen) atoms. The molecule has 0 radical (unpaired) electrons. The van der Waals surface area contributed by atoms with Gasteiger partial charge in [-0.3, -0.25) is 4.79 Å². The van der Waals surface area contributed by atoms with E-state index >= 15 is 0 Å². The van der Waals surface area contributed by atoms with Crippen LogP contribution >= 0.6 is 0 Å². The molecular weight excluding hydrogens is 338 g/mol. The molecule has 1 amide bonds. The molecule has 6 heteroatoms. The third kappa shape index (κ3) is 3.73. The molecule has 1 atom stereocenters. The highest BCUT2D eigenvalue weighted by atomic mass is 16.2. The van der Waals surface area contributed by atoms with E-state index in [-0.39, 0.29) is 11.9 Å². The number of carbonyl (C=O) groups is 1. The molecule has 0 bridgehead atoms. The van der Waals surface area contributed by atoms with E-state index in [9.17, 15) is 10.1 Å². The van der Waals surface area contributed by atoms with Crippen molar-refractivity contribution in [3.05, 3.63) is 30.0 Å². The molecule has 0 spiro atoms. The minimum absolute atomic E-state index is 0.172. The zero-order valence-electron chi connectivity index (χ0n) is 15.5. The monoisotopic (exact) mass is 363 g/mol. The van der Waals surface area contributed by atoms with Crippen molar-refractivity contribution in [2.45, 2.75) is 56.9 Å². The van der Waals surface area contributed by atoms with E-state index in [2.05, 4.69) is 16.3 Å². The fraction of sp³-hybridized carbons (Fsp3) is 0.524. The zero-order chi connectivity index (χ0) is 18.6. The largest absolute Gasteiger partial charge is 0.355 e. The van der Waals surface area contributed by atoms with E-state index in [1.807, 2.05) is 24.3 Å². The fourth-order valence-electron chi connectivity index (χ4n) is 4.14. The highest BCUT2D eigenvalue weighted by molar-refractivity contribution is 5.89. The number of hydrogen-bond donors (Lipinski definition) is 1. The number of benzene rings is 1. The Bertz CT molecular complexity index is 862. The Morgan fingerprint density at radius 2 is 1.74 bits per heavy atom. The summed E-state index contributed by atoms with van der Waals surface area (Å²) >= 11 is 0. The van der Waals surface area contributed by atoms with Gasteiger partial charge in [0.05, 0.1) is 17.1 Å². The van der Waals surface area contributed by atoms with Crippen molar-refractivity contribution in [2.75, 3.05) is 18.0 Å². The maximum Gasteiger partial charge on any atom is 0.243 e. The molecule has 2 aromatic rings. The lowest BCUT2D eigenvalue weighted by Gasteiger charge is -2.25. The first kappa shape index (κ1) is 17.7. The van der Waals surface area contributed by atoms with Gasteiger partial charge in [-0.2, -0.15) is 5.26 Å². The number of hydrogen-bond acceptors (Lipinski definition) is 5. The molecule has 0 unspecified atom stereocenters. The number of carbonyl (C=O) groups excluding carboxylic acids is 1. The highest BCUT2D eigenvalue weighted by Gasteiger charge is 2.31. The molecule has 2 fully saturated rings. The average Bonchev–Trinajstić information content (AvgIpc) is 3.23. The van der Waals surface area contributed by atoms with Crippen LogP contribution in [0.25, 0.3) is 11.0 Å². The van der Waals surface area contributed by atoms with Crippen LogP contribution in [-0.4, -0.2) is 35.0 Å². The summed E-state index contributed by atoms with van der Waals surface area (Å²) in [6, 6.07) is 10.0. The summed E-state index contributed by atoms with van der Waals surface area (Å²) in [6.07, 6.45) is 7.68. The SMILES string of the molecule is N#C[C@H](C(=O)NC1CCCCC1)c1nc2ccccc2nc1N1CCCC1. The van der Waals surface area contributed by atoms with Crippen LogP contribution in [0.15, 0.2) is 24.3 Å². The van der Waals surface area contributed by atoms with Gasteiger partial charge >= 0.3 is 0 Å². The maximum absolute atomic E-state index is 12.9. The minimum atomic E-state index is -0.931. The Balaban J connectivity index is 1.69. The van der Waals surface area contributed by atoms with Crippen molar-refractivity contribution in [1.29, 1.82) is 5.26 Å². The Kier molecular flexibility index (Phi) is 5.19. The molecule has 2 aliphatic rings. The third-order valence-electron chi connectivity index (χ3n) is 5.60. The van der Waals surface area contributed by atoms with E-state index in [0.29, 0.717) is 11.5 Å². The van der Waals surface area contributed by atoms with Crippen LogP contribution in [0.1, 0.15) is 56.6 Å². The predicted molar refractivity (Wildman–Crippen MR) is 104 cm³/mol. The number of amides is 1. The predicted octanol–water partition coefficient (Wildman–Crippen LogP) is 3.29. The summed E-state index contributed by atoms with van der Waals surface area (Å²) in [4.78, 5) is 24.6. The summed E-state index contributed by atoms with van der Waals surface area (Å²) in [6.45, 7) is 1.78. The number of rotatable bonds is 4. The van der Waals surface area contributed by atoms with Gasteiger partial charge in [0.15, 0.2) is 11.7 Å². The number of nitrogens with one attached hydrogen (secondary N) is 1. The van der Waals surface area contributed by atoms with Crippen LogP contribution in [0.5, 0.6) is 0 Å². The number of fused-ring (bicyclic) bond motifs is 1. The van der Waals surface area contributed by atoms with E-state index in [1.54, 1.807) is 0 Å². The lowest BCUT2D eigenvalue weighted by Crippen LogP contribution is -2.39. The van der Waals surface area contributed by atoms with Crippen LogP contribution in [0, 0.1) is 11.3 Å². The second kappa shape index (κ2) is 7.91. The standard InChI is InChI=1S/C21H25N5O/c22-14-16(21(27)23-15-8-2-1-3-9-15)19-20(26-12-6-7-13-26)25-18-11-5-4-10-17(18)24-19/h4-5,10-11,15-16H,1-3,6-9,12-13H2,(H,23,27)/t16-/m0/s1. The van der Waals surface area contributed by atoms with Crippen LogP contribution in [-0.2, 0) is 4.79 Å². The molecule has 1 saturated heterocycles. The second-order valence-electron chi connectivity index (χ2n) is 7.52. The third-order valence-corrected chi connectivity index (χ3v) is 5.60. The molecule has 1 aromatic carbocycles. The lowest BCUT2D eigenvalue weighted by molar-refractivity contribution is -0.122. The first-order valence-corrected chi connectivity index (χ1v) is 9.98. The van der Waals surface area contributed by atoms with Gasteiger partial charge in [0.25, 0.3) is 0 Å². The van der Waals surface area contributed by atoms with Gasteiger partial charge in [0, 0.05) is 19.1 Å². The van der Waals surface area contributed by atoms with Gasteiger partial charge in [-0.15, -0.1) is 0 Å².